The quantitative estimate of drug-likeness (QED) is 0.779. The Labute approximate surface area is 116 Å². The summed E-state index contributed by atoms with van der Waals surface area (Å²) < 4.78 is 10.3. The second kappa shape index (κ2) is 5.81. The van der Waals surface area contributed by atoms with E-state index in [0.29, 0.717) is 24.3 Å². The van der Waals surface area contributed by atoms with Gasteiger partial charge in [0.15, 0.2) is 6.61 Å². The van der Waals surface area contributed by atoms with Gasteiger partial charge in [0.2, 0.25) is 0 Å². The van der Waals surface area contributed by atoms with Crippen LogP contribution in [-0.2, 0) is 9.59 Å². The van der Waals surface area contributed by atoms with Crippen LogP contribution in [0.25, 0.3) is 0 Å². The van der Waals surface area contributed by atoms with Crippen molar-refractivity contribution in [3.05, 3.63) is 24.3 Å². The molecule has 1 aliphatic carbocycles. The van der Waals surface area contributed by atoms with Crippen LogP contribution >= 0.6 is 0 Å². The Morgan fingerprint density at radius 3 is 2.35 bits per heavy atom. The van der Waals surface area contributed by atoms with Crippen molar-refractivity contribution in [2.24, 2.45) is 5.41 Å². The third kappa shape index (κ3) is 3.40. The lowest BCUT2D eigenvalue weighted by Crippen LogP contribution is -2.36. The monoisotopic (exact) mass is 279 g/mol. The van der Waals surface area contributed by atoms with Crippen molar-refractivity contribution in [2.45, 2.75) is 12.8 Å². The van der Waals surface area contributed by atoms with E-state index in [9.17, 15) is 9.59 Å². The van der Waals surface area contributed by atoms with Crippen LogP contribution in [0.2, 0.25) is 0 Å². The van der Waals surface area contributed by atoms with Crippen LogP contribution in [0.5, 0.6) is 11.5 Å². The van der Waals surface area contributed by atoms with E-state index in [4.69, 9.17) is 14.6 Å². The predicted octanol–water partition coefficient (Wildman–Crippen LogP) is 1.05. The van der Waals surface area contributed by atoms with Gasteiger partial charge in [0.05, 0.1) is 12.5 Å². The number of hydrogen-bond acceptors (Lipinski definition) is 4. The van der Waals surface area contributed by atoms with Crippen LogP contribution in [0.3, 0.4) is 0 Å². The van der Waals surface area contributed by atoms with E-state index in [1.807, 2.05) is 0 Å². The molecule has 0 spiro atoms. The number of carbonyl (C=O) groups is 2. The molecule has 0 atom stereocenters. The number of nitrogens with one attached hydrogen (secondary N) is 1. The summed E-state index contributed by atoms with van der Waals surface area (Å²) in [5.74, 6) is 0.0847. The van der Waals surface area contributed by atoms with E-state index in [1.165, 1.54) is 0 Å². The van der Waals surface area contributed by atoms with Crippen molar-refractivity contribution in [3.8, 4) is 11.5 Å². The van der Waals surface area contributed by atoms with Crippen LogP contribution in [0.1, 0.15) is 12.8 Å². The third-order valence-electron chi connectivity index (χ3n) is 3.36. The van der Waals surface area contributed by atoms with Gasteiger partial charge in [-0.2, -0.15) is 0 Å². The first kappa shape index (κ1) is 14.2. The molecule has 6 heteroatoms. The number of carbonyl (C=O) groups excluding carboxylic acids is 1. The number of rotatable bonds is 7. The molecule has 108 valence electrons. The highest BCUT2D eigenvalue weighted by Gasteiger charge is 2.50. The molecule has 1 fully saturated rings. The molecule has 1 aliphatic rings. The topological polar surface area (TPSA) is 84.9 Å². The Morgan fingerprint density at radius 1 is 1.25 bits per heavy atom. The van der Waals surface area contributed by atoms with E-state index in [1.54, 1.807) is 31.4 Å². The lowest BCUT2D eigenvalue weighted by Gasteiger charge is -2.11. The number of carboxylic acid groups (broad SMARTS) is 1. The largest absolute Gasteiger partial charge is 0.497 e. The number of carboxylic acids is 1. The van der Waals surface area contributed by atoms with Crippen molar-refractivity contribution in [1.29, 1.82) is 0 Å². The molecule has 0 bridgehead atoms. The van der Waals surface area contributed by atoms with Crippen LogP contribution in [0.15, 0.2) is 24.3 Å². The van der Waals surface area contributed by atoms with Gasteiger partial charge in [0.25, 0.3) is 5.91 Å². The SMILES string of the molecule is COc1ccc(OCC(=O)NCC2(C(=O)O)CC2)cc1. The highest BCUT2D eigenvalue weighted by atomic mass is 16.5. The molecular weight excluding hydrogens is 262 g/mol. The summed E-state index contributed by atoms with van der Waals surface area (Å²) in [6.45, 7) is 0.0230. The van der Waals surface area contributed by atoms with Gasteiger partial charge in [0, 0.05) is 6.54 Å². The minimum atomic E-state index is -0.853. The maximum atomic E-state index is 11.6. The number of hydrogen-bond donors (Lipinski definition) is 2. The summed E-state index contributed by atoms with van der Waals surface area (Å²) >= 11 is 0. The number of ether oxygens (including phenoxy) is 2. The highest BCUT2D eigenvalue weighted by molar-refractivity contribution is 5.81. The average Bonchev–Trinajstić information content (AvgIpc) is 3.25. The zero-order chi connectivity index (χ0) is 14.6. The van der Waals surface area contributed by atoms with Gasteiger partial charge in [-0.1, -0.05) is 0 Å². The molecule has 1 amide bonds. The van der Waals surface area contributed by atoms with Crippen LogP contribution in [0.4, 0.5) is 0 Å². The summed E-state index contributed by atoms with van der Waals surface area (Å²) in [6, 6.07) is 6.87. The molecule has 0 heterocycles. The maximum Gasteiger partial charge on any atom is 0.311 e. The predicted molar refractivity (Wildman–Crippen MR) is 70.8 cm³/mol. The van der Waals surface area contributed by atoms with Gasteiger partial charge in [-0.15, -0.1) is 0 Å². The van der Waals surface area contributed by atoms with E-state index in [0.717, 1.165) is 0 Å². The van der Waals surface area contributed by atoms with E-state index in [-0.39, 0.29) is 19.1 Å². The van der Waals surface area contributed by atoms with Gasteiger partial charge in [-0.3, -0.25) is 9.59 Å². The smallest absolute Gasteiger partial charge is 0.311 e. The van der Waals surface area contributed by atoms with Crippen LogP contribution in [0, 0.1) is 5.41 Å². The zero-order valence-corrected chi connectivity index (χ0v) is 11.2. The molecule has 20 heavy (non-hydrogen) atoms. The number of aliphatic carboxylic acids is 1. The second-order valence-corrected chi connectivity index (χ2v) is 4.83. The Kier molecular flexibility index (Phi) is 4.12. The first-order valence-electron chi connectivity index (χ1n) is 6.33. The number of methoxy groups -OCH3 is 1. The van der Waals surface area contributed by atoms with Crippen molar-refractivity contribution in [3.63, 3.8) is 0 Å². The molecule has 0 radical (unpaired) electrons. The maximum absolute atomic E-state index is 11.6. The molecule has 1 aromatic carbocycles. The molecule has 0 unspecified atom stereocenters. The molecule has 1 saturated carbocycles. The summed E-state index contributed by atoms with van der Waals surface area (Å²) in [4.78, 5) is 22.5. The Bertz CT molecular complexity index is 493. The average molecular weight is 279 g/mol. The normalized spacial score (nSPS) is 15.2. The highest BCUT2D eigenvalue weighted by Crippen LogP contribution is 2.45. The molecule has 0 aromatic heterocycles. The molecular formula is C14H17NO5. The minimum Gasteiger partial charge on any atom is -0.497 e. The molecule has 0 saturated heterocycles. The molecule has 1 aromatic rings. The summed E-state index contributed by atoms with van der Waals surface area (Å²) in [6.07, 6.45) is 1.23. The number of amides is 1. The first-order chi connectivity index (χ1) is 9.55. The zero-order valence-electron chi connectivity index (χ0n) is 11.2. The molecule has 2 rings (SSSR count). The van der Waals surface area contributed by atoms with Gasteiger partial charge >= 0.3 is 5.97 Å². The van der Waals surface area contributed by atoms with Crippen molar-refractivity contribution in [1.82, 2.24) is 5.32 Å². The van der Waals surface area contributed by atoms with E-state index in [2.05, 4.69) is 5.32 Å². The molecule has 6 nitrogen and oxygen atoms in total. The Morgan fingerprint density at radius 2 is 1.85 bits per heavy atom. The number of benzene rings is 1. The Balaban J connectivity index is 1.73. The Hall–Kier alpha value is -2.24. The van der Waals surface area contributed by atoms with Crippen molar-refractivity contribution in [2.75, 3.05) is 20.3 Å². The fourth-order valence-corrected chi connectivity index (χ4v) is 1.76. The molecule has 0 aliphatic heterocycles. The third-order valence-corrected chi connectivity index (χ3v) is 3.36. The van der Waals surface area contributed by atoms with Crippen LogP contribution < -0.4 is 14.8 Å². The van der Waals surface area contributed by atoms with Crippen molar-refractivity contribution >= 4 is 11.9 Å². The van der Waals surface area contributed by atoms with Crippen molar-refractivity contribution < 1.29 is 24.2 Å². The van der Waals surface area contributed by atoms with Gasteiger partial charge in [-0.25, -0.2) is 0 Å². The van der Waals surface area contributed by atoms with Gasteiger partial charge in [-0.05, 0) is 37.1 Å². The standard InChI is InChI=1S/C14H17NO5/c1-19-10-2-4-11(5-3-10)20-8-12(16)15-9-14(6-7-14)13(17)18/h2-5H,6-9H2,1H3,(H,15,16)(H,17,18). The van der Waals surface area contributed by atoms with Gasteiger partial charge in [0.1, 0.15) is 11.5 Å². The summed E-state index contributed by atoms with van der Waals surface area (Å²) in [7, 11) is 1.57. The second-order valence-electron chi connectivity index (χ2n) is 4.83. The lowest BCUT2D eigenvalue weighted by atomic mass is 10.1. The van der Waals surface area contributed by atoms with E-state index < -0.39 is 11.4 Å². The fourth-order valence-electron chi connectivity index (χ4n) is 1.76. The summed E-state index contributed by atoms with van der Waals surface area (Å²) in [5, 5.41) is 11.6. The first-order valence-corrected chi connectivity index (χ1v) is 6.33. The van der Waals surface area contributed by atoms with E-state index >= 15 is 0 Å². The molecule has 2 N–H and O–H groups in total. The van der Waals surface area contributed by atoms with Crippen LogP contribution in [-0.4, -0.2) is 37.2 Å². The summed E-state index contributed by atoms with van der Waals surface area (Å²) in [5.41, 5.74) is -0.754. The minimum absolute atomic E-state index is 0.137. The van der Waals surface area contributed by atoms with Gasteiger partial charge < -0.3 is 19.9 Å². The fraction of sp³-hybridized carbons (Fsp3) is 0.429. The lowest BCUT2D eigenvalue weighted by molar-refractivity contribution is -0.143.